The summed E-state index contributed by atoms with van der Waals surface area (Å²) in [5.41, 5.74) is 3.77. The fourth-order valence-electron chi connectivity index (χ4n) is 4.66. The molecule has 0 bridgehead atoms. The van der Waals surface area contributed by atoms with Gasteiger partial charge in [-0.05, 0) is 106 Å². The van der Waals surface area contributed by atoms with Gasteiger partial charge in [-0.25, -0.2) is 4.79 Å². The van der Waals surface area contributed by atoms with Crippen LogP contribution in [0.5, 0.6) is 0 Å². The Morgan fingerprint density at radius 1 is 0.976 bits per heavy atom. The predicted octanol–water partition coefficient (Wildman–Crippen LogP) is 7.71. The number of ether oxygens (including phenoxy) is 1. The summed E-state index contributed by atoms with van der Waals surface area (Å²) in [5, 5.41) is 10.0. The second-order valence-electron chi connectivity index (χ2n) is 9.73. The Balaban J connectivity index is 1.42. The van der Waals surface area contributed by atoms with E-state index in [0.717, 1.165) is 53.9 Å². The number of amides is 1. The Morgan fingerprint density at radius 3 is 2.41 bits per heavy atom. The van der Waals surface area contributed by atoms with Crippen LogP contribution in [-0.2, 0) is 22.4 Å². The molecule has 1 atom stereocenters. The number of ketones is 1. The molecule has 1 aliphatic carbocycles. The summed E-state index contributed by atoms with van der Waals surface area (Å²) in [5.74, 6) is -0.486. The highest BCUT2D eigenvalue weighted by Crippen LogP contribution is 2.39. The van der Waals surface area contributed by atoms with Crippen molar-refractivity contribution in [3.8, 4) is 0 Å². The minimum Gasteiger partial charge on any atom is -0.462 e. The molecule has 0 fully saturated rings. The zero-order chi connectivity index (χ0) is 29.4. The number of fused-ring (bicyclic) bond motifs is 1. The van der Waals surface area contributed by atoms with E-state index in [2.05, 4.69) is 16.0 Å². The molecule has 0 aliphatic heterocycles. The lowest BCUT2D eigenvalue weighted by atomic mass is 10.1. The number of hydrogen-bond acceptors (Lipinski definition) is 7. The maximum atomic E-state index is 13.4. The number of thiophene rings is 1. The van der Waals surface area contributed by atoms with Crippen molar-refractivity contribution in [1.29, 1.82) is 0 Å². The van der Waals surface area contributed by atoms with Gasteiger partial charge in [-0.15, -0.1) is 23.1 Å². The number of carbonyl (C=O) groups excluding carboxylic acids is 3. The predicted molar refractivity (Wildman–Crippen MR) is 173 cm³/mol. The normalized spacial score (nSPS) is 13.3. The van der Waals surface area contributed by atoms with Crippen molar-refractivity contribution >= 4 is 74.5 Å². The van der Waals surface area contributed by atoms with Gasteiger partial charge in [0.25, 0.3) is 0 Å². The third-order valence-corrected chi connectivity index (χ3v) is 9.49. The first kappa shape index (κ1) is 30.7. The first-order valence-corrected chi connectivity index (χ1v) is 16.0. The van der Waals surface area contributed by atoms with Crippen LogP contribution in [0, 0.1) is 0 Å². The second kappa shape index (κ2) is 14.6. The topological polar surface area (TPSA) is 96.5 Å². The number of aryl methyl sites for hydroxylation is 1. The van der Waals surface area contributed by atoms with Gasteiger partial charge < -0.3 is 20.7 Å². The number of anilines is 3. The molecule has 1 aromatic heterocycles. The maximum Gasteiger partial charge on any atom is 0.341 e. The Labute approximate surface area is 254 Å². The molecule has 1 amide bonds. The van der Waals surface area contributed by atoms with E-state index < -0.39 is 0 Å². The number of thiocarbonyl (C=S) groups is 1. The van der Waals surface area contributed by atoms with E-state index in [9.17, 15) is 14.4 Å². The first-order valence-electron chi connectivity index (χ1n) is 13.9. The largest absolute Gasteiger partial charge is 0.462 e. The van der Waals surface area contributed by atoms with Crippen molar-refractivity contribution in [1.82, 2.24) is 0 Å². The van der Waals surface area contributed by atoms with Crippen LogP contribution >= 0.6 is 35.3 Å². The van der Waals surface area contributed by atoms with Gasteiger partial charge in [0.1, 0.15) is 5.00 Å². The minimum atomic E-state index is -0.360. The summed E-state index contributed by atoms with van der Waals surface area (Å²) in [7, 11) is 0. The summed E-state index contributed by atoms with van der Waals surface area (Å²) in [6.07, 6.45) is 5.64. The summed E-state index contributed by atoms with van der Waals surface area (Å²) < 4.78 is 5.37. The molecule has 1 aliphatic rings. The summed E-state index contributed by atoms with van der Waals surface area (Å²) in [6, 6.07) is 14.8. The van der Waals surface area contributed by atoms with Crippen molar-refractivity contribution in [2.24, 2.45) is 0 Å². The fourth-order valence-corrected chi connectivity index (χ4v) is 7.19. The van der Waals surface area contributed by atoms with E-state index in [-0.39, 0.29) is 22.9 Å². The third-order valence-electron chi connectivity index (χ3n) is 6.72. The SMILES string of the molecule is CCOC(=O)c1c(NC(=O)C(CC)Sc2cccc(NC(=S)Nc3ccc(C(C)=O)cc3)c2)sc2c1CCCCC2. The molecule has 3 aromatic rings. The number of esters is 1. The zero-order valence-electron chi connectivity index (χ0n) is 23.5. The van der Waals surface area contributed by atoms with E-state index in [1.165, 1.54) is 34.9 Å². The molecule has 0 spiro atoms. The molecule has 4 rings (SSSR count). The van der Waals surface area contributed by atoms with Crippen LogP contribution in [0.4, 0.5) is 16.4 Å². The molecule has 1 unspecified atom stereocenters. The third kappa shape index (κ3) is 8.18. The fraction of sp³-hybridized carbons (Fsp3) is 0.355. The van der Waals surface area contributed by atoms with Gasteiger partial charge in [0, 0.05) is 26.7 Å². The number of hydrogen-bond donors (Lipinski definition) is 3. The van der Waals surface area contributed by atoms with Gasteiger partial charge >= 0.3 is 5.97 Å². The number of benzene rings is 2. The standard InChI is InChI=1S/C31H35N3O4S3/c1-4-25(28(36)34-29-27(30(37)38-5-2)24-12-7-6-8-13-26(24)41-29)40-23-11-9-10-22(18-23)33-31(39)32-21-16-14-20(15-17-21)19(3)35/h9-11,14-18,25H,4-8,12-13H2,1-3H3,(H,34,36)(H2,32,33,39). The van der Waals surface area contributed by atoms with Crippen LogP contribution in [0.15, 0.2) is 53.4 Å². The van der Waals surface area contributed by atoms with Gasteiger partial charge in [0.2, 0.25) is 5.91 Å². The molecule has 10 heteroatoms. The lowest BCUT2D eigenvalue weighted by molar-refractivity contribution is -0.115. The van der Waals surface area contributed by atoms with Crippen LogP contribution in [0.25, 0.3) is 0 Å². The Morgan fingerprint density at radius 2 is 1.71 bits per heavy atom. The number of thioether (sulfide) groups is 1. The summed E-state index contributed by atoms with van der Waals surface area (Å²) >= 11 is 8.45. The summed E-state index contributed by atoms with van der Waals surface area (Å²) in [6.45, 7) is 5.60. The van der Waals surface area contributed by atoms with Crippen LogP contribution < -0.4 is 16.0 Å². The average molecular weight is 610 g/mol. The van der Waals surface area contributed by atoms with Crippen LogP contribution in [0.1, 0.15) is 77.6 Å². The lowest BCUT2D eigenvalue weighted by Gasteiger charge is -2.16. The maximum absolute atomic E-state index is 13.4. The zero-order valence-corrected chi connectivity index (χ0v) is 26.0. The van der Waals surface area contributed by atoms with Crippen molar-refractivity contribution < 1.29 is 19.1 Å². The Kier molecular flexibility index (Phi) is 11.0. The Hall–Kier alpha value is -3.21. The molecule has 0 saturated heterocycles. The minimum absolute atomic E-state index is 0.00925. The van der Waals surface area contributed by atoms with Crippen LogP contribution in [-0.4, -0.2) is 34.6 Å². The van der Waals surface area contributed by atoms with Crippen LogP contribution in [0.3, 0.4) is 0 Å². The van der Waals surface area contributed by atoms with Crippen molar-refractivity contribution in [3.05, 3.63) is 70.1 Å². The van der Waals surface area contributed by atoms with E-state index in [1.54, 1.807) is 31.2 Å². The lowest BCUT2D eigenvalue weighted by Crippen LogP contribution is -2.25. The summed E-state index contributed by atoms with van der Waals surface area (Å²) in [4.78, 5) is 39.9. The Bertz CT molecular complexity index is 1420. The van der Waals surface area contributed by atoms with Crippen molar-refractivity contribution in [2.75, 3.05) is 22.6 Å². The monoisotopic (exact) mass is 609 g/mol. The molecule has 41 heavy (non-hydrogen) atoms. The van der Waals surface area contributed by atoms with Gasteiger partial charge in [-0.1, -0.05) is 19.4 Å². The van der Waals surface area contributed by atoms with Gasteiger partial charge in [0.15, 0.2) is 10.9 Å². The highest BCUT2D eigenvalue weighted by atomic mass is 32.2. The first-order chi connectivity index (χ1) is 19.8. The molecule has 7 nitrogen and oxygen atoms in total. The number of rotatable bonds is 10. The van der Waals surface area contributed by atoms with E-state index >= 15 is 0 Å². The van der Waals surface area contributed by atoms with Crippen molar-refractivity contribution in [2.45, 2.75) is 69.4 Å². The van der Waals surface area contributed by atoms with E-state index in [4.69, 9.17) is 17.0 Å². The number of nitrogens with one attached hydrogen (secondary N) is 3. The van der Waals surface area contributed by atoms with Gasteiger partial charge in [0.05, 0.1) is 17.4 Å². The number of Topliss-reactive ketones (excluding diaryl/α,β-unsaturated/α-hetero) is 1. The molecule has 2 aromatic carbocycles. The molecule has 0 saturated carbocycles. The molecule has 3 N–H and O–H groups in total. The quantitative estimate of drug-likeness (QED) is 0.0707. The number of carbonyl (C=O) groups is 3. The van der Waals surface area contributed by atoms with Gasteiger partial charge in [-0.3, -0.25) is 9.59 Å². The molecule has 1 heterocycles. The second-order valence-corrected chi connectivity index (χ2v) is 12.5. The van der Waals surface area contributed by atoms with Crippen molar-refractivity contribution in [3.63, 3.8) is 0 Å². The molecule has 216 valence electrons. The van der Waals surface area contributed by atoms with Crippen LogP contribution in [0.2, 0.25) is 0 Å². The highest BCUT2D eigenvalue weighted by Gasteiger charge is 2.28. The van der Waals surface area contributed by atoms with E-state index in [1.807, 2.05) is 31.2 Å². The van der Waals surface area contributed by atoms with E-state index in [0.29, 0.717) is 34.3 Å². The average Bonchev–Trinajstić information content (AvgIpc) is 3.12. The smallest absolute Gasteiger partial charge is 0.341 e. The highest BCUT2D eigenvalue weighted by molar-refractivity contribution is 8.00. The van der Waals surface area contributed by atoms with Gasteiger partial charge in [-0.2, -0.15) is 0 Å². The molecular formula is C31H35N3O4S3. The molecule has 0 radical (unpaired) electrons. The molecular weight excluding hydrogens is 575 g/mol.